The minimum absolute atomic E-state index is 0.0445. The van der Waals surface area contributed by atoms with Gasteiger partial charge in [0, 0.05) is 37.3 Å². The topological polar surface area (TPSA) is 35.6 Å². The van der Waals surface area contributed by atoms with Crippen LogP contribution in [-0.2, 0) is 11.3 Å². The summed E-state index contributed by atoms with van der Waals surface area (Å²) in [5.74, 6) is 0.138. The zero-order valence-corrected chi connectivity index (χ0v) is 16.8. The van der Waals surface area contributed by atoms with E-state index in [9.17, 15) is 4.79 Å². The molecule has 140 valence electrons. The highest BCUT2D eigenvalue weighted by molar-refractivity contribution is 5.82. The van der Waals surface area contributed by atoms with Crippen LogP contribution in [0.25, 0.3) is 0 Å². The van der Waals surface area contributed by atoms with Crippen molar-refractivity contribution in [1.29, 1.82) is 0 Å². The van der Waals surface area contributed by atoms with Gasteiger partial charge in [0.05, 0.1) is 6.04 Å². The molecule has 1 unspecified atom stereocenters. The van der Waals surface area contributed by atoms with E-state index in [0.717, 1.165) is 32.6 Å². The van der Waals surface area contributed by atoms with E-state index in [1.807, 2.05) is 6.92 Å². The van der Waals surface area contributed by atoms with E-state index >= 15 is 0 Å². The van der Waals surface area contributed by atoms with Gasteiger partial charge in [-0.25, -0.2) is 0 Å². The smallest absolute Gasteiger partial charge is 0.237 e. The van der Waals surface area contributed by atoms with Gasteiger partial charge in [0.2, 0.25) is 5.91 Å². The van der Waals surface area contributed by atoms with E-state index in [1.54, 1.807) is 0 Å². The van der Waals surface area contributed by atoms with E-state index in [1.165, 1.54) is 5.56 Å². The second kappa shape index (κ2) is 7.88. The molecule has 1 N–H and O–H groups in total. The number of carbonyl (C=O) groups excluding carboxylic acids is 1. The van der Waals surface area contributed by atoms with Crippen LogP contribution in [-0.4, -0.2) is 52.5 Å². The second-order valence-electron chi connectivity index (χ2n) is 8.59. The van der Waals surface area contributed by atoms with Crippen molar-refractivity contribution in [3.63, 3.8) is 0 Å². The summed E-state index contributed by atoms with van der Waals surface area (Å²) in [6.45, 7) is 16.6. The molecule has 1 amide bonds. The van der Waals surface area contributed by atoms with Crippen molar-refractivity contribution < 1.29 is 4.79 Å². The van der Waals surface area contributed by atoms with Crippen molar-refractivity contribution in [2.45, 2.75) is 71.6 Å². The number of piperazine rings is 1. The average molecular weight is 346 g/mol. The minimum atomic E-state index is -0.143. The van der Waals surface area contributed by atoms with E-state index in [-0.39, 0.29) is 23.0 Å². The minimum Gasteiger partial charge on any atom is -0.350 e. The van der Waals surface area contributed by atoms with Crippen LogP contribution in [0.4, 0.5) is 0 Å². The van der Waals surface area contributed by atoms with Crippen LogP contribution in [0.5, 0.6) is 0 Å². The molecule has 0 saturated carbocycles. The first kappa shape index (κ1) is 19.9. The van der Waals surface area contributed by atoms with Crippen molar-refractivity contribution in [2.24, 2.45) is 0 Å². The maximum Gasteiger partial charge on any atom is 0.237 e. The van der Waals surface area contributed by atoms with Gasteiger partial charge in [-0.3, -0.25) is 14.6 Å². The molecule has 0 bridgehead atoms. The molecule has 1 fully saturated rings. The summed E-state index contributed by atoms with van der Waals surface area (Å²) >= 11 is 0. The number of benzene rings is 1. The number of amides is 1. The maximum atomic E-state index is 12.6. The largest absolute Gasteiger partial charge is 0.350 e. The Labute approximate surface area is 153 Å². The molecule has 1 aliphatic rings. The molecule has 1 aromatic rings. The van der Waals surface area contributed by atoms with Crippen LogP contribution in [0.1, 0.15) is 53.5 Å². The second-order valence-corrected chi connectivity index (χ2v) is 8.59. The number of rotatable bonds is 6. The summed E-state index contributed by atoms with van der Waals surface area (Å²) in [5, 5.41) is 3.19. The third kappa shape index (κ3) is 5.29. The van der Waals surface area contributed by atoms with Gasteiger partial charge in [-0.1, -0.05) is 37.3 Å². The first-order chi connectivity index (χ1) is 11.6. The lowest BCUT2D eigenvalue weighted by Crippen LogP contribution is -2.63. The highest BCUT2D eigenvalue weighted by Crippen LogP contribution is 2.24. The monoisotopic (exact) mass is 345 g/mol. The normalized spacial score (nSPS) is 20.2. The Morgan fingerprint density at radius 3 is 2.44 bits per heavy atom. The van der Waals surface area contributed by atoms with E-state index in [2.05, 4.69) is 80.1 Å². The van der Waals surface area contributed by atoms with Gasteiger partial charge in [0.1, 0.15) is 0 Å². The fourth-order valence-electron chi connectivity index (χ4n) is 3.35. The first-order valence-corrected chi connectivity index (χ1v) is 9.50. The van der Waals surface area contributed by atoms with Crippen LogP contribution < -0.4 is 5.32 Å². The van der Waals surface area contributed by atoms with Gasteiger partial charge in [0.25, 0.3) is 0 Å². The highest BCUT2D eigenvalue weighted by Gasteiger charge is 2.37. The average Bonchev–Trinajstić information content (AvgIpc) is 2.56. The molecule has 4 nitrogen and oxygen atoms in total. The van der Waals surface area contributed by atoms with Gasteiger partial charge >= 0.3 is 0 Å². The maximum absolute atomic E-state index is 12.6. The zero-order valence-electron chi connectivity index (χ0n) is 16.8. The fourth-order valence-corrected chi connectivity index (χ4v) is 3.35. The van der Waals surface area contributed by atoms with E-state index in [0.29, 0.717) is 0 Å². The van der Waals surface area contributed by atoms with Gasteiger partial charge in [0.15, 0.2) is 0 Å². The van der Waals surface area contributed by atoms with E-state index < -0.39 is 0 Å². The Hall–Kier alpha value is -1.39. The standard InChI is InChI=1S/C21H35N3O/c1-7-20(3,4)22-19(25)17(2)23-13-14-24(21(5,6)16-23)15-18-11-9-8-10-12-18/h8-12,17H,7,13-16H2,1-6H3,(H,22,25). The van der Waals surface area contributed by atoms with E-state index in [4.69, 9.17) is 0 Å². The molecule has 0 aliphatic carbocycles. The van der Waals surface area contributed by atoms with Crippen LogP contribution in [0.15, 0.2) is 30.3 Å². The number of nitrogens with one attached hydrogen (secondary N) is 1. The Kier molecular flexibility index (Phi) is 6.28. The quantitative estimate of drug-likeness (QED) is 0.859. The zero-order chi connectivity index (χ0) is 18.7. The molecule has 4 heteroatoms. The molecule has 1 aliphatic heterocycles. The van der Waals surface area contributed by atoms with Gasteiger partial charge in [-0.05, 0) is 46.6 Å². The molecular formula is C21H35N3O. The third-order valence-corrected chi connectivity index (χ3v) is 5.59. The molecule has 1 atom stereocenters. The molecule has 0 radical (unpaired) electrons. The molecule has 0 spiro atoms. The first-order valence-electron chi connectivity index (χ1n) is 9.50. The van der Waals surface area contributed by atoms with Gasteiger partial charge < -0.3 is 5.32 Å². The van der Waals surface area contributed by atoms with Crippen molar-refractivity contribution in [1.82, 2.24) is 15.1 Å². The Bertz CT molecular complexity index is 568. The summed E-state index contributed by atoms with van der Waals surface area (Å²) in [6.07, 6.45) is 0.932. The summed E-state index contributed by atoms with van der Waals surface area (Å²) in [7, 11) is 0. The lowest BCUT2D eigenvalue weighted by molar-refractivity contribution is -0.129. The fraction of sp³-hybridized carbons (Fsp3) is 0.667. The Balaban J connectivity index is 1.98. The van der Waals surface area contributed by atoms with Crippen LogP contribution >= 0.6 is 0 Å². The van der Waals surface area contributed by atoms with Crippen LogP contribution in [0, 0.1) is 0 Å². The molecule has 1 heterocycles. The lowest BCUT2D eigenvalue weighted by Gasteiger charge is -2.49. The predicted octanol–water partition coefficient (Wildman–Crippen LogP) is 3.28. The van der Waals surface area contributed by atoms with Crippen molar-refractivity contribution in [3.05, 3.63) is 35.9 Å². The van der Waals surface area contributed by atoms with Gasteiger partial charge in [-0.2, -0.15) is 0 Å². The van der Waals surface area contributed by atoms with Crippen molar-refractivity contribution >= 4 is 5.91 Å². The van der Waals surface area contributed by atoms with Crippen LogP contribution in [0.3, 0.4) is 0 Å². The number of hydrogen-bond acceptors (Lipinski definition) is 3. The number of carbonyl (C=O) groups is 1. The summed E-state index contributed by atoms with van der Waals surface area (Å²) in [5.41, 5.74) is 1.25. The summed E-state index contributed by atoms with van der Waals surface area (Å²) < 4.78 is 0. The SMILES string of the molecule is CCC(C)(C)NC(=O)C(C)N1CCN(Cc2ccccc2)C(C)(C)C1. The summed E-state index contributed by atoms with van der Waals surface area (Å²) in [4.78, 5) is 17.5. The predicted molar refractivity (Wildman–Crippen MR) is 104 cm³/mol. The molecule has 1 aromatic carbocycles. The molecule has 1 saturated heterocycles. The highest BCUT2D eigenvalue weighted by atomic mass is 16.2. The number of nitrogens with zero attached hydrogens (tertiary/aromatic N) is 2. The Morgan fingerprint density at radius 1 is 1.24 bits per heavy atom. The van der Waals surface area contributed by atoms with Crippen molar-refractivity contribution in [2.75, 3.05) is 19.6 Å². The molecule has 2 rings (SSSR count). The third-order valence-electron chi connectivity index (χ3n) is 5.59. The molecular weight excluding hydrogens is 310 g/mol. The Morgan fingerprint density at radius 2 is 1.88 bits per heavy atom. The van der Waals surface area contributed by atoms with Crippen molar-refractivity contribution in [3.8, 4) is 0 Å². The lowest BCUT2D eigenvalue weighted by atomic mass is 9.96. The van der Waals surface area contributed by atoms with Gasteiger partial charge in [-0.15, -0.1) is 0 Å². The summed E-state index contributed by atoms with van der Waals surface area (Å²) in [6, 6.07) is 10.5. The number of hydrogen-bond donors (Lipinski definition) is 1. The van der Waals surface area contributed by atoms with Crippen LogP contribution in [0.2, 0.25) is 0 Å². The molecule has 25 heavy (non-hydrogen) atoms. The molecule has 0 aromatic heterocycles.